The number of rotatable bonds is 9. The SMILES string of the molecule is CCCCn1c(N)c(NC(C)CCSCC)c(=O)[nH]c1=O. The van der Waals surface area contributed by atoms with Gasteiger partial charge in [-0.15, -0.1) is 0 Å². The molecule has 1 rings (SSSR count). The third-order valence-corrected chi connectivity index (χ3v) is 4.20. The summed E-state index contributed by atoms with van der Waals surface area (Å²) in [4.78, 5) is 26.1. The lowest BCUT2D eigenvalue weighted by atomic mass is 10.2. The predicted molar refractivity (Wildman–Crippen MR) is 91.3 cm³/mol. The highest BCUT2D eigenvalue weighted by atomic mass is 32.2. The molecule has 1 heterocycles. The van der Waals surface area contributed by atoms with Crippen LogP contribution in [0.1, 0.15) is 40.0 Å². The van der Waals surface area contributed by atoms with Crippen molar-refractivity contribution in [1.82, 2.24) is 9.55 Å². The number of hydrogen-bond donors (Lipinski definition) is 3. The van der Waals surface area contributed by atoms with Crippen LogP contribution in [0.25, 0.3) is 0 Å². The second-order valence-electron chi connectivity index (χ2n) is 5.06. The number of aromatic nitrogens is 2. The molecule has 0 aromatic carbocycles. The average molecular weight is 314 g/mol. The van der Waals surface area contributed by atoms with Crippen molar-refractivity contribution in [1.29, 1.82) is 0 Å². The number of nitrogens with zero attached hydrogens (tertiary/aromatic N) is 1. The maximum absolute atomic E-state index is 11.9. The maximum atomic E-state index is 11.9. The number of anilines is 2. The summed E-state index contributed by atoms with van der Waals surface area (Å²) >= 11 is 1.86. The van der Waals surface area contributed by atoms with Gasteiger partial charge in [0.25, 0.3) is 5.56 Å². The molecule has 0 bridgehead atoms. The fraction of sp³-hybridized carbons (Fsp3) is 0.714. The number of nitrogen functional groups attached to an aromatic ring is 1. The van der Waals surface area contributed by atoms with Gasteiger partial charge >= 0.3 is 5.69 Å². The van der Waals surface area contributed by atoms with Gasteiger partial charge in [-0.25, -0.2) is 4.79 Å². The van der Waals surface area contributed by atoms with Gasteiger partial charge in [0.05, 0.1) is 0 Å². The predicted octanol–water partition coefficient (Wildman–Crippen LogP) is 1.86. The fourth-order valence-electron chi connectivity index (χ4n) is 1.99. The first-order chi connectivity index (χ1) is 10.0. The molecule has 0 spiro atoms. The van der Waals surface area contributed by atoms with Gasteiger partial charge in [-0.3, -0.25) is 14.3 Å². The van der Waals surface area contributed by atoms with Crippen molar-refractivity contribution in [3.63, 3.8) is 0 Å². The molecule has 0 saturated carbocycles. The molecular formula is C14H26N4O2S. The number of nitrogens with two attached hydrogens (primary N) is 1. The molecular weight excluding hydrogens is 288 g/mol. The van der Waals surface area contributed by atoms with Crippen LogP contribution < -0.4 is 22.3 Å². The van der Waals surface area contributed by atoms with Crippen LogP contribution in [0.2, 0.25) is 0 Å². The van der Waals surface area contributed by atoms with E-state index in [0.29, 0.717) is 12.2 Å². The summed E-state index contributed by atoms with van der Waals surface area (Å²) in [5.74, 6) is 2.34. The van der Waals surface area contributed by atoms with Crippen LogP contribution >= 0.6 is 11.8 Å². The Morgan fingerprint density at radius 2 is 2.10 bits per heavy atom. The highest BCUT2D eigenvalue weighted by molar-refractivity contribution is 7.99. The van der Waals surface area contributed by atoms with E-state index in [1.165, 1.54) is 4.57 Å². The molecule has 0 amide bonds. The first-order valence-corrected chi connectivity index (χ1v) is 8.63. The molecule has 21 heavy (non-hydrogen) atoms. The molecule has 0 aliphatic heterocycles. The number of nitrogens with one attached hydrogen (secondary N) is 2. The quantitative estimate of drug-likeness (QED) is 0.605. The smallest absolute Gasteiger partial charge is 0.330 e. The normalized spacial score (nSPS) is 12.3. The van der Waals surface area contributed by atoms with Crippen molar-refractivity contribution in [3.8, 4) is 0 Å². The second kappa shape index (κ2) is 8.81. The van der Waals surface area contributed by atoms with E-state index in [9.17, 15) is 9.59 Å². The molecule has 4 N–H and O–H groups in total. The Hall–Kier alpha value is -1.37. The lowest BCUT2D eigenvalue weighted by Crippen LogP contribution is -2.35. The van der Waals surface area contributed by atoms with Crippen molar-refractivity contribution in [3.05, 3.63) is 20.8 Å². The molecule has 0 aliphatic carbocycles. The number of unbranched alkanes of at least 4 members (excludes halogenated alkanes) is 1. The first-order valence-electron chi connectivity index (χ1n) is 7.48. The Bertz CT molecular complexity index is 553. The van der Waals surface area contributed by atoms with Crippen molar-refractivity contribution in [2.24, 2.45) is 0 Å². The summed E-state index contributed by atoms with van der Waals surface area (Å²) in [5.41, 5.74) is 5.43. The lowest BCUT2D eigenvalue weighted by molar-refractivity contribution is 0.604. The van der Waals surface area contributed by atoms with Gasteiger partial charge in [0, 0.05) is 12.6 Å². The lowest BCUT2D eigenvalue weighted by Gasteiger charge is -2.18. The molecule has 0 saturated heterocycles. The Kier molecular flexibility index (Phi) is 7.42. The minimum absolute atomic E-state index is 0.129. The van der Waals surface area contributed by atoms with Gasteiger partial charge < -0.3 is 11.1 Å². The van der Waals surface area contributed by atoms with Crippen LogP contribution in [-0.2, 0) is 6.54 Å². The van der Waals surface area contributed by atoms with Gasteiger partial charge in [0.2, 0.25) is 0 Å². The topological polar surface area (TPSA) is 92.9 Å². The molecule has 0 aliphatic rings. The molecule has 1 aromatic heterocycles. The Balaban J connectivity index is 2.91. The molecule has 1 aromatic rings. The number of aromatic amines is 1. The molecule has 1 unspecified atom stereocenters. The number of thioether (sulfide) groups is 1. The summed E-state index contributed by atoms with van der Waals surface area (Å²) in [5, 5.41) is 3.14. The molecule has 120 valence electrons. The van der Waals surface area contributed by atoms with Crippen LogP contribution in [0, 0.1) is 0 Å². The van der Waals surface area contributed by atoms with E-state index in [0.717, 1.165) is 30.8 Å². The second-order valence-corrected chi connectivity index (χ2v) is 6.45. The standard InChI is InChI=1S/C14H26N4O2S/c1-4-6-8-18-12(15)11(13(19)17-14(18)20)16-10(3)7-9-21-5-2/h10,16H,4-9,15H2,1-3H3,(H,17,19,20). The van der Waals surface area contributed by atoms with E-state index in [1.54, 1.807) is 0 Å². The summed E-state index contributed by atoms with van der Waals surface area (Å²) < 4.78 is 1.43. The van der Waals surface area contributed by atoms with Crippen molar-refractivity contribution < 1.29 is 0 Å². The molecule has 0 fully saturated rings. The number of hydrogen-bond acceptors (Lipinski definition) is 5. The van der Waals surface area contributed by atoms with Crippen LogP contribution in [-0.4, -0.2) is 27.1 Å². The summed E-state index contributed by atoms with van der Waals surface area (Å²) in [6.45, 7) is 6.69. The van der Waals surface area contributed by atoms with Crippen molar-refractivity contribution in [2.75, 3.05) is 22.6 Å². The van der Waals surface area contributed by atoms with Crippen molar-refractivity contribution in [2.45, 2.75) is 52.6 Å². The summed E-state index contributed by atoms with van der Waals surface area (Å²) in [6, 6.07) is 0.129. The van der Waals surface area contributed by atoms with Gasteiger partial charge in [-0.2, -0.15) is 11.8 Å². The zero-order valence-electron chi connectivity index (χ0n) is 13.1. The fourth-order valence-corrected chi connectivity index (χ4v) is 2.80. The van der Waals surface area contributed by atoms with E-state index < -0.39 is 11.2 Å². The monoisotopic (exact) mass is 314 g/mol. The third kappa shape index (κ3) is 5.15. The minimum Gasteiger partial charge on any atom is -0.383 e. The number of H-pyrrole nitrogens is 1. The zero-order chi connectivity index (χ0) is 15.8. The largest absolute Gasteiger partial charge is 0.383 e. The van der Waals surface area contributed by atoms with Crippen LogP contribution in [0.4, 0.5) is 11.5 Å². The van der Waals surface area contributed by atoms with E-state index in [2.05, 4.69) is 17.2 Å². The van der Waals surface area contributed by atoms with E-state index in [4.69, 9.17) is 5.73 Å². The van der Waals surface area contributed by atoms with Crippen LogP contribution in [0.5, 0.6) is 0 Å². The van der Waals surface area contributed by atoms with Crippen LogP contribution in [0.3, 0.4) is 0 Å². The van der Waals surface area contributed by atoms with Gasteiger partial charge in [0.1, 0.15) is 11.5 Å². The van der Waals surface area contributed by atoms with Gasteiger partial charge in [-0.1, -0.05) is 20.3 Å². The zero-order valence-corrected chi connectivity index (χ0v) is 13.9. The molecule has 1 atom stereocenters. The van der Waals surface area contributed by atoms with E-state index in [1.807, 2.05) is 25.6 Å². The van der Waals surface area contributed by atoms with Crippen molar-refractivity contribution >= 4 is 23.3 Å². The highest BCUT2D eigenvalue weighted by Gasteiger charge is 2.14. The maximum Gasteiger partial charge on any atom is 0.330 e. The van der Waals surface area contributed by atoms with E-state index in [-0.39, 0.29) is 11.9 Å². The highest BCUT2D eigenvalue weighted by Crippen LogP contribution is 2.14. The average Bonchev–Trinajstić information content (AvgIpc) is 2.43. The Morgan fingerprint density at radius 1 is 1.38 bits per heavy atom. The Labute approximate surface area is 129 Å². The summed E-state index contributed by atoms with van der Waals surface area (Å²) in [6.07, 6.45) is 2.74. The molecule has 7 heteroatoms. The first kappa shape index (κ1) is 17.7. The summed E-state index contributed by atoms with van der Waals surface area (Å²) in [7, 11) is 0. The third-order valence-electron chi connectivity index (χ3n) is 3.26. The molecule has 0 radical (unpaired) electrons. The van der Waals surface area contributed by atoms with Gasteiger partial charge in [-0.05, 0) is 31.3 Å². The van der Waals surface area contributed by atoms with E-state index >= 15 is 0 Å². The Morgan fingerprint density at radius 3 is 2.71 bits per heavy atom. The minimum atomic E-state index is -0.444. The molecule has 6 nitrogen and oxygen atoms in total. The van der Waals surface area contributed by atoms with Gasteiger partial charge in [0.15, 0.2) is 0 Å². The van der Waals surface area contributed by atoms with Crippen LogP contribution in [0.15, 0.2) is 9.59 Å².